The van der Waals surface area contributed by atoms with E-state index in [-0.39, 0.29) is 17.7 Å². The van der Waals surface area contributed by atoms with Gasteiger partial charge in [-0.25, -0.2) is 0 Å². The standard InChI is InChI=1S/C13H21NO4/c1-9-5-11(13(16)17)7-14(6-9)12(15)10-3-2-4-18-8-10/h9-11H,2-8H2,1H3,(H,16,17). The van der Waals surface area contributed by atoms with Crippen molar-refractivity contribution < 1.29 is 19.4 Å². The normalized spacial score (nSPS) is 33.2. The molecule has 5 heteroatoms. The van der Waals surface area contributed by atoms with E-state index in [2.05, 4.69) is 0 Å². The van der Waals surface area contributed by atoms with Crippen LogP contribution in [0.3, 0.4) is 0 Å². The Bertz CT molecular complexity index is 325. The van der Waals surface area contributed by atoms with Crippen molar-refractivity contribution in [2.75, 3.05) is 26.3 Å². The smallest absolute Gasteiger partial charge is 0.308 e. The van der Waals surface area contributed by atoms with Crippen LogP contribution >= 0.6 is 0 Å². The molecule has 0 aliphatic carbocycles. The third-order valence-corrected chi connectivity index (χ3v) is 3.83. The zero-order chi connectivity index (χ0) is 13.1. The van der Waals surface area contributed by atoms with Crippen LogP contribution in [0.25, 0.3) is 0 Å². The highest BCUT2D eigenvalue weighted by Gasteiger charge is 2.35. The van der Waals surface area contributed by atoms with Gasteiger partial charge in [-0.05, 0) is 25.2 Å². The number of nitrogens with zero attached hydrogens (tertiary/aromatic N) is 1. The lowest BCUT2D eigenvalue weighted by molar-refractivity contribution is -0.149. The summed E-state index contributed by atoms with van der Waals surface area (Å²) in [6.45, 7) is 4.26. The zero-order valence-corrected chi connectivity index (χ0v) is 10.8. The Hall–Kier alpha value is -1.10. The minimum absolute atomic E-state index is 0.0708. The fraction of sp³-hybridized carbons (Fsp3) is 0.846. The highest BCUT2D eigenvalue weighted by Crippen LogP contribution is 2.25. The molecule has 2 aliphatic heterocycles. The number of carboxylic acids is 1. The molecule has 5 nitrogen and oxygen atoms in total. The van der Waals surface area contributed by atoms with Crippen molar-refractivity contribution in [3.05, 3.63) is 0 Å². The number of hydrogen-bond acceptors (Lipinski definition) is 3. The summed E-state index contributed by atoms with van der Waals surface area (Å²) >= 11 is 0. The summed E-state index contributed by atoms with van der Waals surface area (Å²) in [5.74, 6) is -0.944. The van der Waals surface area contributed by atoms with Crippen LogP contribution in [0, 0.1) is 17.8 Å². The maximum atomic E-state index is 12.3. The Morgan fingerprint density at radius 3 is 2.67 bits per heavy atom. The topological polar surface area (TPSA) is 66.8 Å². The van der Waals surface area contributed by atoms with E-state index in [1.807, 2.05) is 6.92 Å². The van der Waals surface area contributed by atoms with Crippen LogP contribution in [-0.4, -0.2) is 48.2 Å². The molecule has 0 bridgehead atoms. The Morgan fingerprint density at radius 1 is 1.28 bits per heavy atom. The summed E-state index contributed by atoms with van der Waals surface area (Å²) < 4.78 is 5.33. The van der Waals surface area contributed by atoms with Crippen LogP contribution < -0.4 is 0 Å². The largest absolute Gasteiger partial charge is 0.481 e. The molecule has 0 aromatic carbocycles. The fourth-order valence-corrected chi connectivity index (χ4v) is 2.90. The van der Waals surface area contributed by atoms with Gasteiger partial charge in [0.2, 0.25) is 5.91 Å². The second-order valence-corrected chi connectivity index (χ2v) is 5.53. The zero-order valence-electron chi connectivity index (χ0n) is 10.8. The van der Waals surface area contributed by atoms with Crippen molar-refractivity contribution in [1.29, 1.82) is 0 Å². The number of likely N-dealkylation sites (tertiary alicyclic amines) is 1. The summed E-state index contributed by atoms with van der Waals surface area (Å²) in [5.41, 5.74) is 0. The van der Waals surface area contributed by atoms with E-state index in [4.69, 9.17) is 9.84 Å². The molecule has 0 aromatic heterocycles. The molecule has 0 radical (unpaired) electrons. The molecule has 0 spiro atoms. The summed E-state index contributed by atoms with van der Waals surface area (Å²) in [4.78, 5) is 25.1. The molecule has 102 valence electrons. The van der Waals surface area contributed by atoms with Gasteiger partial charge in [-0.15, -0.1) is 0 Å². The number of hydrogen-bond donors (Lipinski definition) is 1. The molecule has 1 N–H and O–H groups in total. The van der Waals surface area contributed by atoms with E-state index < -0.39 is 11.9 Å². The van der Waals surface area contributed by atoms with Gasteiger partial charge in [0.25, 0.3) is 0 Å². The van der Waals surface area contributed by atoms with Gasteiger partial charge in [-0.1, -0.05) is 6.92 Å². The molecule has 18 heavy (non-hydrogen) atoms. The Morgan fingerprint density at radius 2 is 2.06 bits per heavy atom. The number of ether oxygens (including phenoxy) is 1. The number of carbonyl (C=O) groups excluding carboxylic acids is 1. The monoisotopic (exact) mass is 255 g/mol. The van der Waals surface area contributed by atoms with E-state index in [0.717, 1.165) is 19.4 Å². The summed E-state index contributed by atoms with van der Waals surface area (Å²) in [6.07, 6.45) is 2.45. The van der Waals surface area contributed by atoms with E-state index in [9.17, 15) is 9.59 Å². The third-order valence-electron chi connectivity index (χ3n) is 3.83. The molecule has 3 unspecified atom stereocenters. The number of amides is 1. The maximum Gasteiger partial charge on any atom is 0.308 e. The van der Waals surface area contributed by atoms with Crippen LogP contribution in [0.2, 0.25) is 0 Å². The van der Waals surface area contributed by atoms with Gasteiger partial charge in [0.1, 0.15) is 0 Å². The van der Waals surface area contributed by atoms with Crippen molar-refractivity contribution >= 4 is 11.9 Å². The molecule has 2 heterocycles. The first-order valence-electron chi connectivity index (χ1n) is 6.67. The maximum absolute atomic E-state index is 12.3. The molecular weight excluding hydrogens is 234 g/mol. The van der Waals surface area contributed by atoms with E-state index in [1.54, 1.807) is 4.90 Å². The lowest BCUT2D eigenvalue weighted by Crippen LogP contribution is -2.48. The third kappa shape index (κ3) is 3.02. The second-order valence-electron chi connectivity index (χ2n) is 5.53. The van der Waals surface area contributed by atoms with Crippen LogP contribution in [0.4, 0.5) is 0 Å². The van der Waals surface area contributed by atoms with Gasteiger partial charge in [-0.2, -0.15) is 0 Å². The molecule has 2 rings (SSSR count). The number of aliphatic carboxylic acids is 1. The van der Waals surface area contributed by atoms with Crippen molar-refractivity contribution in [3.8, 4) is 0 Å². The number of rotatable bonds is 2. The highest BCUT2D eigenvalue weighted by molar-refractivity contribution is 5.80. The van der Waals surface area contributed by atoms with Crippen LogP contribution in [0.15, 0.2) is 0 Å². The summed E-state index contributed by atoms with van der Waals surface area (Å²) in [6, 6.07) is 0. The molecule has 1 amide bonds. The van der Waals surface area contributed by atoms with Gasteiger partial charge in [0.05, 0.1) is 18.4 Å². The molecule has 2 saturated heterocycles. The molecule has 0 saturated carbocycles. The fourth-order valence-electron chi connectivity index (χ4n) is 2.90. The predicted molar refractivity (Wildman–Crippen MR) is 65.0 cm³/mol. The Labute approximate surface area is 107 Å². The Kier molecular flexibility index (Phi) is 4.22. The average molecular weight is 255 g/mol. The van der Waals surface area contributed by atoms with Gasteiger partial charge >= 0.3 is 5.97 Å². The van der Waals surface area contributed by atoms with Crippen molar-refractivity contribution in [3.63, 3.8) is 0 Å². The first kappa shape index (κ1) is 13.3. The first-order chi connectivity index (χ1) is 8.58. The van der Waals surface area contributed by atoms with Crippen molar-refractivity contribution in [1.82, 2.24) is 4.90 Å². The van der Waals surface area contributed by atoms with Crippen LogP contribution in [0.1, 0.15) is 26.2 Å². The number of carboxylic acid groups (broad SMARTS) is 1. The summed E-state index contributed by atoms with van der Waals surface area (Å²) in [7, 11) is 0. The van der Waals surface area contributed by atoms with Gasteiger partial charge < -0.3 is 14.7 Å². The molecule has 2 aliphatic rings. The molecule has 0 aromatic rings. The molecular formula is C13H21NO4. The SMILES string of the molecule is CC1CC(C(=O)O)CN(C(=O)C2CCCOC2)C1. The minimum atomic E-state index is -0.792. The Balaban J connectivity index is 1.98. The van der Waals surface area contributed by atoms with E-state index >= 15 is 0 Å². The average Bonchev–Trinajstić information content (AvgIpc) is 2.38. The van der Waals surface area contributed by atoms with Crippen LogP contribution in [-0.2, 0) is 14.3 Å². The lowest BCUT2D eigenvalue weighted by atomic mass is 9.89. The van der Waals surface area contributed by atoms with E-state index in [0.29, 0.717) is 26.1 Å². The van der Waals surface area contributed by atoms with Crippen LogP contribution in [0.5, 0.6) is 0 Å². The molecule has 2 fully saturated rings. The lowest BCUT2D eigenvalue weighted by Gasteiger charge is -2.37. The second kappa shape index (κ2) is 5.69. The van der Waals surface area contributed by atoms with Gasteiger partial charge in [-0.3, -0.25) is 9.59 Å². The van der Waals surface area contributed by atoms with Crippen molar-refractivity contribution in [2.45, 2.75) is 26.2 Å². The van der Waals surface area contributed by atoms with Gasteiger partial charge in [0, 0.05) is 19.7 Å². The highest BCUT2D eigenvalue weighted by atomic mass is 16.5. The first-order valence-corrected chi connectivity index (χ1v) is 6.67. The van der Waals surface area contributed by atoms with Gasteiger partial charge in [0.15, 0.2) is 0 Å². The van der Waals surface area contributed by atoms with E-state index in [1.165, 1.54) is 0 Å². The predicted octanol–water partition coefficient (Wildman–Crippen LogP) is 0.982. The quantitative estimate of drug-likeness (QED) is 0.798. The number of carbonyl (C=O) groups is 2. The minimum Gasteiger partial charge on any atom is -0.481 e. The van der Waals surface area contributed by atoms with Crippen molar-refractivity contribution in [2.24, 2.45) is 17.8 Å². The molecule has 3 atom stereocenters. The summed E-state index contributed by atoms with van der Waals surface area (Å²) in [5, 5.41) is 9.10. The number of piperidine rings is 1.